The van der Waals surface area contributed by atoms with Crippen LogP contribution in [0.4, 0.5) is 0 Å². The van der Waals surface area contributed by atoms with Crippen molar-refractivity contribution < 1.29 is 0 Å². The van der Waals surface area contributed by atoms with Crippen molar-refractivity contribution in [3.63, 3.8) is 0 Å². The number of thioether (sulfide) groups is 2. The molecule has 2 atom stereocenters. The molecule has 2 aliphatic rings. The van der Waals surface area contributed by atoms with Crippen molar-refractivity contribution in [1.29, 1.82) is 0 Å². The highest BCUT2D eigenvalue weighted by atomic mass is 32.2. The molecule has 0 radical (unpaired) electrons. The third kappa shape index (κ3) is 3.72. The van der Waals surface area contributed by atoms with Crippen LogP contribution in [0.15, 0.2) is 9.98 Å². The molecule has 20 heavy (non-hydrogen) atoms. The molecule has 4 nitrogen and oxygen atoms in total. The molecule has 8 heteroatoms. The highest BCUT2D eigenvalue weighted by Gasteiger charge is 2.26. The maximum atomic E-state index is 5.45. The normalized spacial score (nSPS) is 27.6. The van der Waals surface area contributed by atoms with Crippen LogP contribution in [0.2, 0.25) is 0 Å². The predicted octanol–water partition coefficient (Wildman–Crippen LogP) is 3.18. The lowest BCUT2D eigenvalue weighted by molar-refractivity contribution is 0.277. The van der Waals surface area contributed by atoms with Crippen LogP contribution in [0, 0.1) is 0 Å². The summed E-state index contributed by atoms with van der Waals surface area (Å²) in [6.45, 7) is 9.80. The number of nitrogens with zero attached hydrogens (tertiary/aromatic N) is 4. The van der Waals surface area contributed by atoms with Crippen LogP contribution in [-0.4, -0.2) is 53.9 Å². The summed E-state index contributed by atoms with van der Waals surface area (Å²) in [4.78, 5) is 13.4. The van der Waals surface area contributed by atoms with Gasteiger partial charge in [-0.15, -0.1) is 0 Å². The van der Waals surface area contributed by atoms with Gasteiger partial charge >= 0.3 is 0 Å². The second kappa shape index (κ2) is 6.72. The van der Waals surface area contributed by atoms with Crippen LogP contribution in [0.3, 0.4) is 0 Å². The van der Waals surface area contributed by atoms with Crippen molar-refractivity contribution >= 4 is 66.7 Å². The Morgan fingerprint density at radius 1 is 0.900 bits per heavy atom. The van der Waals surface area contributed by atoms with E-state index in [9.17, 15) is 0 Å². The smallest absolute Gasteiger partial charge is 0.144 e. The van der Waals surface area contributed by atoms with E-state index in [-0.39, 0.29) is 12.3 Å². The number of rotatable bonds is 3. The lowest BCUT2D eigenvalue weighted by atomic mass is 10.4. The van der Waals surface area contributed by atoms with Gasteiger partial charge in [0.15, 0.2) is 0 Å². The standard InChI is InChI=1S/C12H18N4S4/c1-7-13-9(3)19-11(17)15(7)5-6-16-8(2)14-10(4)20-12(16)18/h7-8H,5-6H2,1-4H3. The van der Waals surface area contributed by atoms with Crippen LogP contribution in [-0.2, 0) is 0 Å². The number of aliphatic imine (C=N–C) groups is 2. The minimum absolute atomic E-state index is 0.107. The van der Waals surface area contributed by atoms with Crippen molar-refractivity contribution in [3.8, 4) is 0 Å². The molecule has 0 fully saturated rings. The Bertz CT molecular complexity index is 444. The Kier molecular flexibility index (Phi) is 5.44. The van der Waals surface area contributed by atoms with Crippen LogP contribution < -0.4 is 0 Å². The fourth-order valence-corrected chi connectivity index (χ4v) is 5.01. The molecule has 0 N–H and O–H groups in total. The van der Waals surface area contributed by atoms with E-state index in [1.807, 2.05) is 13.8 Å². The highest BCUT2D eigenvalue weighted by molar-refractivity contribution is 8.33. The van der Waals surface area contributed by atoms with Crippen molar-refractivity contribution in [3.05, 3.63) is 0 Å². The molecule has 0 amide bonds. The summed E-state index contributed by atoms with van der Waals surface area (Å²) in [5.41, 5.74) is 0. The third-order valence-corrected chi connectivity index (χ3v) is 5.75. The van der Waals surface area contributed by atoms with E-state index in [1.54, 1.807) is 23.5 Å². The molecule has 0 aromatic carbocycles. The molecule has 0 aromatic rings. The minimum atomic E-state index is 0.107. The Balaban J connectivity index is 1.99. The second-order valence-electron chi connectivity index (χ2n) is 4.68. The maximum absolute atomic E-state index is 5.45. The number of hydrogen-bond donors (Lipinski definition) is 0. The molecule has 2 rings (SSSR count). The maximum Gasteiger partial charge on any atom is 0.144 e. The quantitative estimate of drug-likeness (QED) is 0.730. The molecule has 110 valence electrons. The molecule has 0 aromatic heterocycles. The second-order valence-corrected chi connectivity index (χ2v) is 8.34. The van der Waals surface area contributed by atoms with Gasteiger partial charge in [-0.1, -0.05) is 24.4 Å². The van der Waals surface area contributed by atoms with Gasteiger partial charge in [-0.2, -0.15) is 0 Å². The van der Waals surface area contributed by atoms with Crippen LogP contribution >= 0.6 is 48.0 Å². The van der Waals surface area contributed by atoms with Gasteiger partial charge in [-0.05, 0) is 51.2 Å². The van der Waals surface area contributed by atoms with Gasteiger partial charge in [0, 0.05) is 13.1 Å². The molecule has 0 spiro atoms. The highest BCUT2D eigenvalue weighted by Crippen LogP contribution is 2.24. The Morgan fingerprint density at radius 3 is 1.55 bits per heavy atom. The zero-order valence-corrected chi connectivity index (χ0v) is 15.3. The molecule has 0 aliphatic carbocycles. The van der Waals surface area contributed by atoms with Crippen molar-refractivity contribution in [2.75, 3.05) is 13.1 Å². The SMILES string of the molecule is CC1=NC(C)N(CCN2C(=S)SC(C)=NC2C)C(=S)S1. The fraction of sp³-hybridized carbons (Fsp3) is 0.667. The Labute approximate surface area is 139 Å². The monoisotopic (exact) mass is 346 g/mol. The summed E-state index contributed by atoms with van der Waals surface area (Å²) in [6.07, 6.45) is 0.214. The van der Waals surface area contributed by atoms with Crippen molar-refractivity contribution in [2.24, 2.45) is 9.98 Å². The number of thiocarbonyl (C=S) groups is 2. The Morgan fingerprint density at radius 2 is 1.25 bits per heavy atom. The topological polar surface area (TPSA) is 31.2 Å². The van der Waals surface area contributed by atoms with Gasteiger partial charge in [0.2, 0.25) is 0 Å². The van der Waals surface area contributed by atoms with Crippen LogP contribution in [0.1, 0.15) is 27.7 Å². The predicted molar refractivity (Wildman–Crippen MR) is 98.9 cm³/mol. The average molecular weight is 347 g/mol. The van der Waals surface area contributed by atoms with E-state index in [0.29, 0.717) is 0 Å². The van der Waals surface area contributed by atoms with E-state index < -0.39 is 0 Å². The van der Waals surface area contributed by atoms with Gasteiger partial charge in [-0.25, -0.2) is 0 Å². The lowest BCUT2D eigenvalue weighted by Crippen LogP contribution is -2.47. The summed E-state index contributed by atoms with van der Waals surface area (Å²) >= 11 is 14.0. The molecular weight excluding hydrogens is 328 g/mol. The van der Waals surface area contributed by atoms with E-state index in [1.165, 1.54) is 0 Å². The third-order valence-electron chi connectivity index (χ3n) is 3.16. The summed E-state index contributed by atoms with van der Waals surface area (Å²) in [5, 5.41) is 2.08. The molecule has 2 heterocycles. The molecule has 2 unspecified atom stereocenters. The first-order chi connectivity index (χ1) is 9.38. The molecule has 0 bridgehead atoms. The van der Waals surface area contributed by atoms with Gasteiger partial charge < -0.3 is 9.80 Å². The lowest BCUT2D eigenvalue weighted by Gasteiger charge is -2.37. The van der Waals surface area contributed by atoms with E-state index in [4.69, 9.17) is 24.4 Å². The van der Waals surface area contributed by atoms with Crippen LogP contribution in [0.5, 0.6) is 0 Å². The first-order valence-electron chi connectivity index (χ1n) is 6.44. The fourth-order valence-electron chi connectivity index (χ4n) is 2.17. The van der Waals surface area contributed by atoms with E-state index in [2.05, 4.69) is 33.6 Å². The van der Waals surface area contributed by atoms with Crippen molar-refractivity contribution in [1.82, 2.24) is 9.80 Å². The van der Waals surface area contributed by atoms with E-state index in [0.717, 1.165) is 31.8 Å². The van der Waals surface area contributed by atoms with Gasteiger partial charge in [0.05, 0.1) is 10.1 Å². The molecule has 0 saturated heterocycles. The Hall–Kier alpha value is -0.180. The minimum Gasteiger partial charge on any atom is -0.334 e. The summed E-state index contributed by atoms with van der Waals surface area (Å²) in [6, 6.07) is 0. The van der Waals surface area contributed by atoms with Crippen LogP contribution in [0.25, 0.3) is 0 Å². The van der Waals surface area contributed by atoms with Gasteiger partial charge in [0.25, 0.3) is 0 Å². The first kappa shape index (κ1) is 16.2. The molecule has 2 aliphatic heterocycles. The zero-order valence-electron chi connectivity index (χ0n) is 12.0. The molecular formula is C12H18N4S4. The van der Waals surface area contributed by atoms with Gasteiger partial charge in [-0.3, -0.25) is 9.98 Å². The summed E-state index contributed by atoms with van der Waals surface area (Å²) in [7, 11) is 0. The average Bonchev–Trinajstić information content (AvgIpc) is 2.30. The molecule has 0 saturated carbocycles. The van der Waals surface area contributed by atoms with Crippen molar-refractivity contribution in [2.45, 2.75) is 40.0 Å². The zero-order chi connectivity index (χ0) is 14.9. The largest absolute Gasteiger partial charge is 0.334 e. The summed E-state index contributed by atoms with van der Waals surface area (Å²) in [5.74, 6) is 0. The summed E-state index contributed by atoms with van der Waals surface area (Å²) < 4.78 is 1.79. The number of hydrogen-bond acceptors (Lipinski definition) is 6. The van der Waals surface area contributed by atoms with Gasteiger partial charge in [0.1, 0.15) is 21.0 Å². The first-order valence-corrected chi connectivity index (χ1v) is 8.89. The van der Waals surface area contributed by atoms with E-state index >= 15 is 0 Å².